The first-order chi connectivity index (χ1) is 9.51. The fraction of sp³-hybridized carbons (Fsp3) is 0.538. The van der Waals surface area contributed by atoms with Gasteiger partial charge in [0.1, 0.15) is 24.4 Å². The number of halogens is 1. The van der Waals surface area contributed by atoms with Crippen LogP contribution in [0.4, 0.5) is 0 Å². The highest BCUT2D eigenvalue weighted by Crippen LogP contribution is 2.42. The Labute approximate surface area is 121 Å². The fourth-order valence-electron chi connectivity index (χ4n) is 2.07. The van der Waals surface area contributed by atoms with Crippen molar-refractivity contribution in [1.82, 2.24) is 0 Å². The van der Waals surface area contributed by atoms with E-state index >= 15 is 0 Å². The molecule has 112 valence electrons. The molecule has 0 amide bonds. The maximum atomic E-state index is 9.91. The van der Waals surface area contributed by atoms with Gasteiger partial charge < -0.3 is 29.9 Å². The van der Waals surface area contributed by atoms with Gasteiger partial charge in [0.15, 0.2) is 0 Å². The smallest absolute Gasteiger partial charge is 0.277 e. The molecule has 1 aromatic carbocycles. The van der Waals surface area contributed by atoms with Crippen LogP contribution < -0.4 is 0 Å². The van der Waals surface area contributed by atoms with E-state index in [-0.39, 0.29) is 0 Å². The van der Waals surface area contributed by atoms with Gasteiger partial charge in [0.05, 0.1) is 13.2 Å². The lowest BCUT2D eigenvalue weighted by molar-refractivity contribution is -0.139. The van der Waals surface area contributed by atoms with Crippen LogP contribution in [0.3, 0.4) is 0 Å². The highest BCUT2D eigenvalue weighted by molar-refractivity contribution is 6.22. The van der Waals surface area contributed by atoms with Crippen molar-refractivity contribution in [2.45, 2.75) is 29.7 Å². The Kier molecular flexibility index (Phi) is 4.98. The Balaban J connectivity index is 2.21. The number of ether oxygens (including phenoxy) is 2. The van der Waals surface area contributed by atoms with Crippen molar-refractivity contribution in [3.63, 3.8) is 0 Å². The molecule has 1 aromatic rings. The van der Waals surface area contributed by atoms with Crippen molar-refractivity contribution >= 4 is 11.6 Å². The van der Waals surface area contributed by atoms with Gasteiger partial charge in [-0.15, -0.1) is 0 Å². The van der Waals surface area contributed by atoms with Gasteiger partial charge in [-0.2, -0.15) is 0 Å². The number of aliphatic hydroxyl groups excluding tert-OH is 4. The molecule has 1 saturated heterocycles. The van der Waals surface area contributed by atoms with Gasteiger partial charge in [-0.3, -0.25) is 0 Å². The molecule has 7 heteroatoms. The highest BCUT2D eigenvalue weighted by atomic mass is 35.5. The average Bonchev–Trinajstić information content (AvgIpc) is 2.85. The number of aliphatic hydroxyl groups is 4. The Bertz CT molecular complexity index is 430. The molecule has 20 heavy (non-hydrogen) atoms. The number of rotatable bonds is 5. The Hall–Kier alpha value is -0.730. The Morgan fingerprint density at radius 1 is 1.15 bits per heavy atom. The zero-order valence-electron chi connectivity index (χ0n) is 10.6. The maximum Gasteiger partial charge on any atom is 0.277 e. The topological polar surface area (TPSA) is 99.4 Å². The molecule has 4 N–H and O–H groups in total. The summed E-state index contributed by atoms with van der Waals surface area (Å²) in [5.74, 6) is 0. The minimum atomic E-state index is -1.64. The number of hydrogen-bond donors (Lipinski definition) is 4. The van der Waals surface area contributed by atoms with Gasteiger partial charge in [0.2, 0.25) is 0 Å². The average molecular weight is 305 g/mol. The maximum absolute atomic E-state index is 9.91. The molecule has 1 fully saturated rings. The quantitative estimate of drug-likeness (QED) is 0.549. The number of benzene rings is 1. The second kappa shape index (κ2) is 6.36. The summed E-state index contributed by atoms with van der Waals surface area (Å²) in [7, 11) is 0. The monoisotopic (exact) mass is 304 g/mol. The molecule has 0 aliphatic carbocycles. The second-order valence-corrected chi connectivity index (χ2v) is 5.06. The van der Waals surface area contributed by atoms with Gasteiger partial charge in [-0.1, -0.05) is 41.9 Å². The van der Waals surface area contributed by atoms with E-state index in [4.69, 9.17) is 26.2 Å². The first-order valence-corrected chi connectivity index (χ1v) is 6.57. The van der Waals surface area contributed by atoms with Crippen molar-refractivity contribution in [1.29, 1.82) is 0 Å². The van der Waals surface area contributed by atoms with Crippen LogP contribution in [0.5, 0.6) is 0 Å². The molecular weight excluding hydrogens is 288 g/mol. The summed E-state index contributed by atoms with van der Waals surface area (Å²) in [5, 5.41) is 35.9. The Morgan fingerprint density at radius 2 is 1.80 bits per heavy atom. The van der Waals surface area contributed by atoms with Crippen molar-refractivity contribution < 1.29 is 29.9 Å². The van der Waals surface area contributed by atoms with E-state index in [1.165, 1.54) is 0 Å². The second-order valence-electron chi connectivity index (χ2n) is 4.56. The summed E-state index contributed by atoms with van der Waals surface area (Å²) in [6.45, 7) is -1.08. The third kappa shape index (κ3) is 2.96. The van der Waals surface area contributed by atoms with Gasteiger partial charge in [-0.05, 0) is 0 Å². The predicted molar refractivity (Wildman–Crippen MR) is 69.9 cm³/mol. The van der Waals surface area contributed by atoms with Crippen LogP contribution in [0.1, 0.15) is 5.56 Å². The van der Waals surface area contributed by atoms with Gasteiger partial charge in [0.25, 0.3) is 5.25 Å². The molecule has 0 radical (unpaired) electrons. The lowest BCUT2D eigenvalue weighted by Gasteiger charge is -2.24. The minimum Gasteiger partial charge on any atom is -0.394 e. The molecule has 1 aliphatic rings. The summed E-state index contributed by atoms with van der Waals surface area (Å²) in [5.41, 5.74) is 0.508. The van der Waals surface area contributed by atoms with Crippen LogP contribution >= 0.6 is 11.6 Å². The van der Waals surface area contributed by atoms with E-state index in [1.807, 2.05) is 0 Å². The van der Waals surface area contributed by atoms with Crippen LogP contribution in [-0.2, 0) is 14.7 Å². The van der Waals surface area contributed by atoms with Crippen LogP contribution in [-0.4, -0.2) is 58.1 Å². The standard InChI is InChI=1S/C13H17ClO6/c14-13(8-4-2-1-3-5-8)19-10(7-16)12(20-13)11(18)9(17)6-15/h1-5,9-12,15-18H,6-7H2/t9-,10+,11+,12+,13?/m1/s1. The highest BCUT2D eigenvalue weighted by Gasteiger charge is 2.51. The van der Waals surface area contributed by atoms with Crippen LogP contribution in [0.25, 0.3) is 0 Å². The third-order valence-electron chi connectivity index (χ3n) is 3.17. The molecule has 0 spiro atoms. The van der Waals surface area contributed by atoms with E-state index in [2.05, 4.69) is 0 Å². The molecule has 1 aliphatic heterocycles. The van der Waals surface area contributed by atoms with E-state index in [1.54, 1.807) is 30.3 Å². The molecule has 5 atom stereocenters. The van der Waals surface area contributed by atoms with E-state index in [0.29, 0.717) is 5.56 Å². The first kappa shape index (κ1) is 15.7. The summed E-state index contributed by atoms with van der Waals surface area (Å²) in [6.07, 6.45) is -4.81. The SMILES string of the molecule is OC[C@@H](O)[C@H](O)[C@H]1OC(Cl)(c2ccccc2)O[C@H]1CO. The lowest BCUT2D eigenvalue weighted by Crippen LogP contribution is -2.45. The fourth-order valence-corrected chi connectivity index (χ4v) is 2.41. The molecule has 0 bridgehead atoms. The molecule has 1 heterocycles. The molecule has 1 unspecified atom stereocenters. The lowest BCUT2D eigenvalue weighted by atomic mass is 10.0. The summed E-state index contributed by atoms with van der Waals surface area (Å²) in [4.78, 5) is 0. The van der Waals surface area contributed by atoms with E-state index in [9.17, 15) is 15.3 Å². The van der Waals surface area contributed by atoms with Gasteiger partial charge in [-0.25, -0.2) is 0 Å². The summed E-state index contributed by atoms with van der Waals surface area (Å²) < 4.78 is 10.9. The van der Waals surface area contributed by atoms with Crippen LogP contribution in [0.2, 0.25) is 0 Å². The molecule has 0 aromatic heterocycles. The number of alkyl halides is 1. The first-order valence-electron chi connectivity index (χ1n) is 6.19. The predicted octanol–water partition coefficient (Wildman–Crippen LogP) is -0.474. The zero-order chi connectivity index (χ0) is 14.8. The molecule has 2 rings (SSSR count). The summed E-state index contributed by atoms with van der Waals surface area (Å²) in [6, 6.07) is 8.64. The van der Waals surface area contributed by atoms with Crippen molar-refractivity contribution in [3.8, 4) is 0 Å². The van der Waals surface area contributed by atoms with Crippen molar-refractivity contribution in [3.05, 3.63) is 35.9 Å². The van der Waals surface area contributed by atoms with E-state index in [0.717, 1.165) is 0 Å². The molecule has 6 nitrogen and oxygen atoms in total. The van der Waals surface area contributed by atoms with Gasteiger partial charge in [0, 0.05) is 5.56 Å². The summed E-state index contributed by atoms with van der Waals surface area (Å²) >= 11 is 6.25. The third-order valence-corrected chi connectivity index (χ3v) is 3.57. The number of hydrogen-bond acceptors (Lipinski definition) is 6. The largest absolute Gasteiger partial charge is 0.394 e. The molecular formula is C13H17ClO6. The van der Waals surface area contributed by atoms with Crippen LogP contribution in [0, 0.1) is 0 Å². The Morgan fingerprint density at radius 3 is 2.35 bits per heavy atom. The minimum absolute atomic E-state index is 0.443. The van der Waals surface area contributed by atoms with Gasteiger partial charge >= 0.3 is 0 Å². The van der Waals surface area contributed by atoms with Crippen LogP contribution in [0.15, 0.2) is 30.3 Å². The van der Waals surface area contributed by atoms with E-state index < -0.39 is 42.9 Å². The normalized spacial score (nSPS) is 33.0. The van der Waals surface area contributed by atoms with Crippen molar-refractivity contribution in [2.75, 3.05) is 13.2 Å². The molecule has 0 saturated carbocycles. The van der Waals surface area contributed by atoms with Crippen molar-refractivity contribution in [2.24, 2.45) is 0 Å². The zero-order valence-corrected chi connectivity index (χ0v) is 11.3.